The van der Waals surface area contributed by atoms with Crippen molar-refractivity contribution in [3.8, 4) is 5.75 Å². The highest BCUT2D eigenvalue weighted by Crippen LogP contribution is 2.36. The summed E-state index contributed by atoms with van der Waals surface area (Å²) in [5.41, 5.74) is 0.770. The molecule has 1 aliphatic heterocycles. The minimum absolute atomic E-state index is 0.0340. The predicted molar refractivity (Wildman–Crippen MR) is 90.5 cm³/mol. The Morgan fingerprint density at radius 2 is 2.13 bits per heavy atom. The maximum absolute atomic E-state index is 11.5. The van der Waals surface area contributed by atoms with Gasteiger partial charge in [0.25, 0.3) is 0 Å². The summed E-state index contributed by atoms with van der Waals surface area (Å²) in [6, 6.07) is 7.44. The van der Waals surface area contributed by atoms with Gasteiger partial charge >= 0.3 is 0 Å². The highest BCUT2D eigenvalue weighted by Gasteiger charge is 2.37. The SMILES string of the molecule is COc1ccccc1Nc1nnc(S[C@H]2CS(=O)(=O)C[C@@H]2O)s1. The first-order valence-electron chi connectivity index (χ1n) is 6.75. The average Bonchev–Trinajstić information content (AvgIpc) is 3.03. The van der Waals surface area contributed by atoms with Gasteiger partial charge in [0.2, 0.25) is 5.13 Å². The Morgan fingerprint density at radius 3 is 2.83 bits per heavy atom. The number of methoxy groups -OCH3 is 1. The molecule has 1 aromatic carbocycles. The highest BCUT2D eigenvalue weighted by atomic mass is 32.2. The molecule has 0 amide bonds. The molecule has 2 heterocycles. The molecule has 1 saturated heterocycles. The Morgan fingerprint density at radius 1 is 1.35 bits per heavy atom. The lowest BCUT2D eigenvalue weighted by Crippen LogP contribution is -2.19. The largest absolute Gasteiger partial charge is 0.495 e. The van der Waals surface area contributed by atoms with Crippen molar-refractivity contribution in [2.45, 2.75) is 15.7 Å². The van der Waals surface area contributed by atoms with Gasteiger partial charge in [0.15, 0.2) is 14.2 Å². The van der Waals surface area contributed by atoms with Gasteiger partial charge in [0.1, 0.15) is 5.75 Å². The second-order valence-corrected chi connectivity index (χ2v) is 9.62. The van der Waals surface area contributed by atoms with Crippen molar-refractivity contribution in [3.05, 3.63) is 24.3 Å². The van der Waals surface area contributed by atoms with E-state index in [1.165, 1.54) is 23.1 Å². The van der Waals surface area contributed by atoms with Gasteiger partial charge < -0.3 is 15.2 Å². The van der Waals surface area contributed by atoms with E-state index in [0.29, 0.717) is 15.2 Å². The Hall–Kier alpha value is -1.36. The van der Waals surface area contributed by atoms with Crippen molar-refractivity contribution in [1.29, 1.82) is 0 Å². The Labute approximate surface area is 142 Å². The fraction of sp³-hybridized carbons (Fsp3) is 0.385. The molecular formula is C13H15N3O4S3. The van der Waals surface area contributed by atoms with E-state index in [9.17, 15) is 13.5 Å². The van der Waals surface area contributed by atoms with E-state index in [4.69, 9.17) is 4.74 Å². The van der Waals surface area contributed by atoms with Crippen LogP contribution in [0.15, 0.2) is 28.6 Å². The van der Waals surface area contributed by atoms with Crippen LogP contribution in [-0.4, -0.2) is 53.7 Å². The van der Waals surface area contributed by atoms with E-state index in [1.807, 2.05) is 24.3 Å². The molecule has 0 saturated carbocycles. The van der Waals surface area contributed by atoms with Gasteiger partial charge in [0, 0.05) is 0 Å². The molecule has 1 aromatic heterocycles. The highest BCUT2D eigenvalue weighted by molar-refractivity contribution is 8.03. The molecule has 0 bridgehead atoms. The van der Waals surface area contributed by atoms with Crippen LogP contribution in [0.5, 0.6) is 5.75 Å². The molecule has 10 heteroatoms. The quantitative estimate of drug-likeness (QED) is 0.814. The number of anilines is 2. The third kappa shape index (κ3) is 3.94. The molecular weight excluding hydrogens is 358 g/mol. The normalized spacial score (nSPS) is 22.9. The fourth-order valence-corrected chi connectivity index (χ4v) is 6.73. The predicted octanol–water partition coefficient (Wildman–Crippen LogP) is 1.54. The van der Waals surface area contributed by atoms with Gasteiger partial charge in [0.05, 0.1) is 35.7 Å². The number of para-hydroxylation sites is 2. The van der Waals surface area contributed by atoms with Crippen LogP contribution in [0.25, 0.3) is 0 Å². The van der Waals surface area contributed by atoms with Crippen molar-refractivity contribution >= 4 is 43.8 Å². The standard InChI is InChI=1S/C13H15N3O4S3/c1-20-10-5-3-2-4-8(10)14-12-15-16-13(22-12)21-11-7-23(18,19)6-9(11)17/h2-5,9,11,17H,6-7H2,1H3,(H,14,15)/t9-,11-/m0/s1. The van der Waals surface area contributed by atoms with Gasteiger partial charge in [-0.15, -0.1) is 10.2 Å². The Balaban J connectivity index is 1.69. The average molecular weight is 373 g/mol. The van der Waals surface area contributed by atoms with Crippen molar-refractivity contribution in [2.24, 2.45) is 0 Å². The van der Waals surface area contributed by atoms with Crippen LogP contribution in [0.2, 0.25) is 0 Å². The zero-order valence-electron chi connectivity index (χ0n) is 12.2. The van der Waals surface area contributed by atoms with Crippen LogP contribution in [0.4, 0.5) is 10.8 Å². The van der Waals surface area contributed by atoms with Crippen LogP contribution in [0, 0.1) is 0 Å². The number of hydrogen-bond donors (Lipinski definition) is 2. The van der Waals surface area contributed by atoms with Crippen molar-refractivity contribution in [1.82, 2.24) is 10.2 Å². The minimum Gasteiger partial charge on any atom is -0.495 e. The number of aliphatic hydroxyl groups excluding tert-OH is 1. The molecule has 0 aliphatic carbocycles. The first-order valence-corrected chi connectivity index (χ1v) is 10.3. The van der Waals surface area contributed by atoms with E-state index >= 15 is 0 Å². The summed E-state index contributed by atoms with van der Waals surface area (Å²) < 4.78 is 28.9. The van der Waals surface area contributed by atoms with Gasteiger partial charge in [-0.1, -0.05) is 35.2 Å². The van der Waals surface area contributed by atoms with E-state index in [2.05, 4.69) is 15.5 Å². The second kappa shape index (κ2) is 6.63. The Bertz CT molecular complexity index is 793. The maximum Gasteiger partial charge on any atom is 0.210 e. The smallest absolute Gasteiger partial charge is 0.210 e. The van der Waals surface area contributed by atoms with E-state index in [0.717, 1.165) is 5.69 Å². The number of nitrogens with zero attached hydrogens (tertiary/aromatic N) is 2. The number of aromatic nitrogens is 2. The topological polar surface area (TPSA) is 101 Å². The lowest BCUT2D eigenvalue weighted by Gasteiger charge is -2.09. The summed E-state index contributed by atoms with van der Waals surface area (Å²) in [7, 11) is -1.57. The van der Waals surface area contributed by atoms with Gasteiger partial charge in [-0.05, 0) is 12.1 Å². The summed E-state index contributed by atoms with van der Waals surface area (Å²) in [4.78, 5) is 0. The van der Waals surface area contributed by atoms with Crippen molar-refractivity contribution < 1.29 is 18.3 Å². The zero-order valence-corrected chi connectivity index (χ0v) is 14.6. The molecule has 23 heavy (non-hydrogen) atoms. The number of hydrogen-bond acceptors (Lipinski definition) is 9. The monoisotopic (exact) mass is 373 g/mol. The summed E-state index contributed by atoms with van der Waals surface area (Å²) >= 11 is 2.55. The number of ether oxygens (including phenoxy) is 1. The number of nitrogens with one attached hydrogen (secondary N) is 1. The third-order valence-corrected chi connectivity index (χ3v) is 7.45. The van der Waals surface area contributed by atoms with Crippen LogP contribution in [0.3, 0.4) is 0 Å². The minimum atomic E-state index is -3.16. The molecule has 2 atom stereocenters. The van der Waals surface area contributed by atoms with E-state index in [-0.39, 0.29) is 11.5 Å². The molecule has 2 aromatic rings. The maximum atomic E-state index is 11.5. The zero-order chi connectivity index (χ0) is 16.4. The third-order valence-electron chi connectivity index (χ3n) is 3.28. The molecule has 2 N–H and O–H groups in total. The second-order valence-electron chi connectivity index (χ2n) is 5.00. The number of sulfone groups is 1. The lowest BCUT2D eigenvalue weighted by atomic mass is 10.3. The molecule has 0 spiro atoms. The molecule has 1 fully saturated rings. The fourth-order valence-electron chi connectivity index (χ4n) is 2.21. The number of benzene rings is 1. The number of thioether (sulfide) groups is 1. The van der Waals surface area contributed by atoms with Gasteiger partial charge in [-0.3, -0.25) is 0 Å². The van der Waals surface area contributed by atoms with Crippen LogP contribution in [-0.2, 0) is 9.84 Å². The summed E-state index contributed by atoms with van der Waals surface area (Å²) in [5, 5.41) is 21.2. The van der Waals surface area contributed by atoms with Crippen molar-refractivity contribution in [3.63, 3.8) is 0 Å². The van der Waals surface area contributed by atoms with Crippen LogP contribution >= 0.6 is 23.1 Å². The summed E-state index contributed by atoms with van der Waals surface area (Å²) in [5.74, 6) is 0.470. The van der Waals surface area contributed by atoms with E-state index in [1.54, 1.807) is 7.11 Å². The van der Waals surface area contributed by atoms with E-state index < -0.39 is 21.2 Å². The van der Waals surface area contributed by atoms with Crippen LogP contribution in [0.1, 0.15) is 0 Å². The molecule has 0 radical (unpaired) electrons. The lowest BCUT2D eigenvalue weighted by molar-refractivity contribution is 0.207. The van der Waals surface area contributed by atoms with Gasteiger partial charge in [-0.2, -0.15) is 0 Å². The van der Waals surface area contributed by atoms with Crippen LogP contribution < -0.4 is 10.1 Å². The van der Waals surface area contributed by atoms with Crippen molar-refractivity contribution in [2.75, 3.05) is 23.9 Å². The Kier molecular flexibility index (Phi) is 4.76. The molecule has 124 valence electrons. The molecule has 0 unspecified atom stereocenters. The molecule has 7 nitrogen and oxygen atoms in total. The first-order chi connectivity index (χ1) is 11.0. The molecule has 3 rings (SSSR count). The van der Waals surface area contributed by atoms with Gasteiger partial charge in [-0.25, -0.2) is 8.42 Å². The number of rotatable bonds is 5. The first kappa shape index (κ1) is 16.5. The summed E-state index contributed by atoms with van der Waals surface area (Å²) in [6.07, 6.45) is -0.862. The molecule has 1 aliphatic rings. The summed E-state index contributed by atoms with van der Waals surface area (Å²) in [6.45, 7) is 0. The number of aliphatic hydroxyl groups is 1.